The number of hydrogen-bond acceptors (Lipinski definition) is 2. The molecule has 0 amide bonds. The van der Waals surface area contributed by atoms with Crippen LogP contribution in [0.3, 0.4) is 0 Å². The maximum atomic E-state index is 3.43. The topological polar surface area (TPSA) is 15.3 Å². The molecule has 1 unspecified atom stereocenters. The van der Waals surface area contributed by atoms with Gasteiger partial charge in [0.1, 0.15) is 0 Å². The van der Waals surface area contributed by atoms with Gasteiger partial charge in [-0.25, -0.2) is 0 Å². The Balaban J connectivity index is 0.000000980. The molecule has 0 aromatic heterocycles. The van der Waals surface area contributed by atoms with Gasteiger partial charge in [-0.05, 0) is 58.2 Å². The average molecular weight is 255 g/mol. The monoisotopic (exact) mass is 254 g/mol. The van der Waals surface area contributed by atoms with Gasteiger partial charge >= 0.3 is 0 Å². The molecule has 0 aliphatic carbocycles. The normalized spacial score (nSPS) is 28.2. The minimum atomic E-state index is 0. The van der Waals surface area contributed by atoms with Crippen LogP contribution in [0, 0.1) is 5.92 Å². The van der Waals surface area contributed by atoms with E-state index in [2.05, 4.69) is 17.1 Å². The minimum absolute atomic E-state index is 0. The van der Waals surface area contributed by atoms with Gasteiger partial charge in [0.25, 0.3) is 0 Å². The molecular weight excluding hydrogens is 231 g/mol. The third-order valence-electron chi connectivity index (χ3n) is 3.64. The standard InChI is InChI=1S/C11H22N2.2ClH/c1-10-3-2-8-13(10)9-11-4-6-12-7-5-11;;/h10-12H,2-9H2,1H3;2*1H. The van der Waals surface area contributed by atoms with Gasteiger partial charge in [0.2, 0.25) is 0 Å². The van der Waals surface area contributed by atoms with Crippen molar-refractivity contribution in [2.75, 3.05) is 26.2 Å². The van der Waals surface area contributed by atoms with Gasteiger partial charge in [-0.1, -0.05) is 0 Å². The first kappa shape index (κ1) is 15.5. The molecule has 15 heavy (non-hydrogen) atoms. The summed E-state index contributed by atoms with van der Waals surface area (Å²) in [5.41, 5.74) is 0. The molecule has 2 nitrogen and oxygen atoms in total. The van der Waals surface area contributed by atoms with Crippen molar-refractivity contribution in [3.05, 3.63) is 0 Å². The number of nitrogens with one attached hydrogen (secondary N) is 1. The van der Waals surface area contributed by atoms with E-state index in [1.54, 1.807) is 0 Å². The minimum Gasteiger partial charge on any atom is -0.317 e. The zero-order valence-corrected chi connectivity index (χ0v) is 11.2. The van der Waals surface area contributed by atoms with Gasteiger partial charge in [-0.15, -0.1) is 24.8 Å². The zero-order chi connectivity index (χ0) is 9.10. The summed E-state index contributed by atoms with van der Waals surface area (Å²) in [4.78, 5) is 2.69. The molecule has 4 heteroatoms. The number of nitrogens with zero attached hydrogens (tertiary/aromatic N) is 1. The van der Waals surface area contributed by atoms with Crippen molar-refractivity contribution in [3.63, 3.8) is 0 Å². The summed E-state index contributed by atoms with van der Waals surface area (Å²) in [5.74, 6) is 0.974. The van der Waals surface area contributed by atoms with Crippen molar-refractivity contribution in [1.29, 1.82) is 0 Å². The van der Waals surface area contributed by atoms with Crippen LogP contribution in [0.4, 0.5) is 0 Å². The highest BCUT2D eigenvalue weighted by Gasteiger charge is 2.23. The molecule has 2 rings (SSSR count). The molecule has 2 aliphatic heterocycles. The van der Waals surface area contributed by atoms with E-state index < -0.39 is 0 Å². The Kier molecular flexibility index (Phi) is 7.98. The molecule has 0 bridgehead atoms. The molecule has 1 atom stereocenters. The molecule has 0 radical (unpaired) electrons. The van der Waals surface area contributed by atoms with Crippen LogP contribution >= 0.6 is 24.8 Å². The summed E-state index contributed by atoms with van der Waals surface area (Å²) in [6, 6.07) is 0.856. The van der Waals surface area contributed by atoms with E-state index in [0.29, 0.717) is 0 Å². The van der Waals surface area contributed by atoms with Gasteiger partial charge in [0.15, 0.2) is 0 Å². The first-order valence-corrected chi connectivity index (χ1v) is 5.81. The highest BCUT2D eigenvalue weighted by atomic mass is 35.5. The molecular formula is C11H24Cl2N2. The van der Waals surface area contributed by atoms with E-state index in [1.807, 2.05) is 0 Å². The van der Waals surface area contributed by atoms with Crippen molar-refractivity contribution < 1.29 is 0 Å². The molecule has 0 aromatic rings. The van der Waals surface area contributed by atoms with Crippen LogP contribution in [0.5, 0.6) is 0 Å². The quantitative estimate of drug-likeness (QED) is 0.814. The number of piperidine rings is 1. The predicted molar refractivity (Wildman–Crippen MR) is 70.4 cm³/mol. The first-order chi connectivity index (χ1) is 6.36. The molecule has 2 heterocycles. The number of hydrogen-bond donors (Lipinski definition) is 1. The van der Waals surface area contributed by atoms with Gasteiger partial charge in [0, 0.05) is 12.6 Å². The summed E-state index contributed by atoms with van der Waals surface area (Å²) >= 11 is 0. The van der Waals surface area contributed by atoms with E-state index in [0.717, 1.165) is 12.0 Å². The van der Waals surface area contributed by atoms with Crippen LogP contribution in [0.1, 0.15) is 32.6 Å². The fraction of sp³-hybridized carbons (Fsp3) is 1.00. The van der Waals surface area contributed by atoms with Crippen LogP contribution in [0.2, 0.25) is 0 Å². The Morgan fingerprint density at radius 1 is 1.13 bits per heavy atom. The van der Waals surface area contributed by atoms with Crippen molar-refractivity contribution in [1.82, 2.24) is 10.2 Å². The summed E-state index contributed by atoms with van der Waals surface area (Å²) in [7, 11) is 0. The molecule has 92 valence electrons. The van der Waals surface area contributed by atoms with E-state index >= 15 is 0 Å². The molecule has 0 aromatic carbocycles. The second-order valence-corrected chi connectivity index (χ2v) is 4.68. The lowest BCUT2D eigenvalue weighted by Crippen LogP contribution is -2.37. The molecule has 2 saturated heterocycles. The van der Waals surface area contributed by atoms with Gasteiger partial charge < -0.3 is 10.2 Å². The van der Waals surface area contributed by atoms with Crippen LogP contribution in [0.25, 0.3) is 0 Å². The third kappa shape index (κ3) is 4.48. The van der Waals surface area contributed by atoms with Crippen LogP contribution < -0.4 is 5.32 Å². The van der Waals surface area contributed by atoms with Crippen LogP contribution in [-0.4, -0.2) is 37.1 Å². The van der Waals surface area contributed by atoms with Crippen LogP contribution in [-0.2, 0) is 0 Å². The first-order valence-electron chi connectivity index (χ1n) is 5.81. The molecule has 1 N–H and O–H groups in total. The van der Waals surface area contributed by atoms with Crippen molar-refractivity contribution >= 4 is 24.8 Å². The smallest absolute Gasteiger partial charge is 0.00675 e. The Morgan fingerprint density at radius 2 is 1.80 bits per heavy atom. The summed E-state index contributed by atoms with van der Waals surface area (Å²) in [6.07, 6.45) is 5.63. The van der Waals surface area contributed by atoms with Gasteiger partial charge in [-0.3, -0.25) is 0 Å². The highest BCUT2D eigenvalue weighted by molar-refractivity contribution is 5.85. The lowest BCUT2D eigenvalue weighted by Gasteiger charge is -2.29. The average Bonchev–Trinajstić information content (AvgIpc) is 2.54. The lowest BCUT2D eigenvalue weighted by atomic mass is 9.97. The van der Waals surface area contributed by atoms with E-state index in [9.17, 15) is 0 Å². The Labute approximate surface area is 106 Å². The molecule has 2 aliphatic rings. The zero-order valence-electron chi connectivity index (χ0n) is 9.58. The summed E-state index contributed by atoms with van der Waals surface area (Å²) in [6.45, 7) is 7.59. The number of likely N-dealkylation sites (tertiary alicyclic amines) is 1. The van der Waals surface area contributed by atoms with E-state index in [-0.39, 0.29) is 24.8 Å². The SMILES string of the molecule is CC1CCCN1CC1CCNCC1.Cl.Cl. The van der Waals surface area contributed by atoms with E-state index in [1.165, 1.54) is 51.9 Å². The second-order valence-electron chi connectivity index (χ2n) is 4.68. The number of halogens is 2. The highest BCUT2D eigenvalue weighted by Crippen LogP contribution is 2.21. The Hall–Kier alpha value is 0.500. The second kappa shape index (κ2) is 7.72. The summed E-state index contributed by atoms with van der Waals surface area (Å²) in [5, 5.41) is 3.43. The van der Waals surface area contributed by atoms with Gasteiger partial charge in [0.05, 0.1) is 0 Å². The Bertz CT molecular complexity index is 161. The maximum absolute atomic E-state index is 3.43. The lowest BCUT2D eigenvalue weighted by molar-refractivity contribution is 0.201. The fourth-order valence-electron chi connectivity index (χ4n) is 2.66. The molecule has 0 saturated carbocycles. The maximum Gasteiger partial charge on any atom is 0.00675 e. The van der Waals surface area contributed by atoms with Crippen LogP contribution in [0.15, 0.2) is 0 Å². The predicted octanol–water partition coefficient (Wildman–Crippen LogP) is 2.31. The van der Waals surface area contributed by atoms with Crippen molar-refractivity contribution in [2.24, 2.45) is 5.92 Å². The molecule has 2 fully saturated rings. The Morgan fingerprint density at radius 3 is 2.33 bits per heavy atom. The molecule has 0 spiro atoms. The van der Waals surface area contributed by atoms with E-state index in [4.69, 9.17) is 0 Å². The fourth-order valence-corrected chi connectivity index (χ4v) is 2.66. The largest absolute Gasteiger partial charge is 0.317 e. The van der Waals surface area contributed by atoms with Gasteiger partial charge in [-0.2, -0.15) is 0 Å². The van der Waals surface area contributed by atoms with Crippen molar-refractivity contribution in [3.8, 4) is 0 Å². The summed E-state index contributed by atoms with van der Waals surface area (Å²) < 4.78 is 0. The van der Waals surface area contributed by atoms with Crippen molar-refractivity contribution in [2.45, 2.75) is 38.6 Å². The number of rotatable bonds is 2. The third-order valence-corrected chi connectivity index (χ3v) is 3.64.